The predicted molar refractivity (Wildman–Crippen MR) is 82.9 cm³/mol. The second-order valence-corrected chi connectivity index (χ2v) is 7.84. The number of carbonyl (C=O) groups is 1. The van der Waals surface area contributed by atoms with Crippen molar-refractivity contribution in [2.45, 2.75) is 24.7 Å². The standard InChI is InChI=1S/C15H12F4N2OS2/c16-14(17)13(15(14,18)19)3-5-21(6-4-13)12(22)9-8-24-11(20-9)10-2-1-7-23-10/h1-2,7-8H,3-6H2. The van der Waals surface area contributed by atoms with Crippen LogP contribution in [0.4, 0.5) is 17.6 Å². The Bertz CT molecular complexity index is 763. The van der Waals surface area contributed by atoms with Crippen molar-refractivity contribution < 1.29 is 22.4 Å². The van der Waals surface area contributed by atoms with Crippen LogP contribution in [0, 0.1) is 5.41 Å². The zero-order valence-corrected chi connectivity index (χ0v) is 13.9. The molecule has 4 rings (SSSR count). The number of nitrogens with zero attached hydrogens (tertiary/aromatic N) is 2. The van der Waals surface area contributed by atoms with Gasteiger partial charge in [-0.3, -0.25) is 4.79 Å². The smallest absolute Gasteiger partial charge is 0.322 e. The first-order valence-electron chi connectivity index (χ1n) is 7.34. The minimum absolute atomic E-state index is 0.101. The van der Waals surface area contributed by atoms with E-state index in [0.717, 1.165) is 4.88 Å². The van der Waals surface area contributed by atoms with Crippen LogP contribution in [-0.2, 0) is 0 Å². The normalized spacial score (nSPS) is 23.4. The number of rotatable bonds is 2. The Morgan fingerprint density at radius 1 is 1.12 bits per heavy atom. The fourth-order valence-electron chi connectivity index (χ4n) is 3.29. The molecule has 1 aliphatic carbocycles. The third kappa shape index (κ3) is 1.94. The topological polar surface area (TPSA) is 33.2 Å². The Morgan fingerprint density at radius 3 is 2.33 bits per heavy atom. The van der Waals surface area contributed by atoms with E-state index in [1.165, 1.54) is 27.6 Å². The highest BCUT2D eigenvalue weighted by Crippen LogP contribution is 2.76. The number of aromatic nitrogens is 1. The number of likely N-dealkylation sites (tertiary alicyclic amines) is 1. The average molecular weight is 376 g/mol. The lowest BCUT2D eigenvalue weighted by Crippen LogP contribution is -2.41. The molecule has 3 nitrogen and oxygen atoms in total. The molecule has 0 atom stereocenters. The van der Waals surface area contributed by atoms with Gasteiger partial charge in [-0.05, 0) is 24.3 Å². The maximum absolute atomic E-state index is 13.4. The molecule has 128 valence electrons. The van der Waals surface area contributed by atoms with Crippen molar-refractivity contribution in [1.82, 2.24) is 9.88 Å². The number of piperidine rings is 1. The molecule has 2 fully saturated rings. The van der Waals surface area contributed by atoms with Crippen molar-refractivity contribution in [2.75, 3.05) is 13.1 Å². The van der Waals surface area contributed by atoms with Crippen LogP contribution in [0.5, 0.6) is 0 Å². The summed E-state index contributed by atoms with van der Waals surface area (Å²) in [5.74, 6) is -8.30. The SMILES string of the molecule is O=C(c1csc(-c2cccs2)n1)N1CCC2(CC1)C(F)(F)C2(F)F. The monoisotopic (exact) mass is 376 g/mol. The Morgan fingerprint density at radius 2 is 1.79 bits per heavy atom. The molecule has 2 aliphatic rings. The van der Waals surface area contributed by atoms with E-state index >= 15 is 0 Å². The van der Waals surface area contributed by atoms with Crippen molar-refractivity contribution in [2.24, 2.45) is 5.41 Å². The van der Waals surface area contributed by atoms with Crippen LogP contribution in [0.15, 0.2) is 22.9 Å². The lowest BCUT2D eigenvalue weighted by atomic mass is 9.92. The number of carbonyl (C=O) groups excluding carboxylic acids is 1. The number of hydrogen-bond donors (Lipinski definition) is 0. The Labute approximate surface area is 142 Å². The fourth-order valence-corrected chi connectivity index (χ4v) is 4.90. The Balaban J connectivity index is 1.46. The molecule has 1 saturated heterocycles. The summed E-state index contributed by atoms with van der Waals surface area (Å²) >= 11 is 2.82. The molecule has 3 heterocycles. The van der Waals surface area contributed by atoms with Gasteiger partial charge in [0, 0.05) is 18.5 Å². The van der Waals surface area contributed by atoms with E-state index in [-0.39, 0.29) is 31.6 Å². The summed E-state index contributed by atoms with van der Waals surface area (Å²) < 4.78 is 53.6. The zero-order chi connectivity index (χ0) is 17.2. The van der Waals surface area contributed by atoms with Crippen LogP contribution >= 0.6 is 22.7 Å². The van der Waals surface area contributed by atoms with Crippen LogP contribution in [0.25, 0.3) is 9.88 Å². The van der Waals surface area contributed by atoms with Crippen LogP contribution < -0.4 is 0 Å². The van der Waals surface area contributed by atoms with Gasteiger partial charge in [0.15, 0.2) is 0 Å². The number of thiophene rings is 1. The van der Waals surface area contributed by atoms with E-state index in [4.69, 9.17) is 0 Å². The highest BCUT2D eigenvalue weighted by molar-refractivity contribution is 7.20. The van der Waals surface area contributed by atoms with Gasteiger partial charge < -0.3 is 4.90 Å². The predicted octanol–water partition coefficient (Wildman–Crippen LogP) is 4.38. The maximum Gasteiger partial charge on any atom is 0.322 e. The van der Waals surface area contributed by atoms with Crippen LogP contribution in [0.3, 0.4) is 0 Å². The van der Waals surface area contributed by atoms with Gasteiger partial charge in [0.1, 0.15) is 16.1 Å². The number of thiazole rings is 1. The summed E-state index contributed by atoms with van der Waals surface area (Å²) in [4.78, 5) is 19.0. The highest BCUT2D eigenvalue weighted by atomic mass is 32.1. The fraction of sp³-hybridized carbons (Fsp3) is 0.467. The summed E-state index contributed by atoms with van der Waals surface area (Å²) in [7, 11) is 0. The van der Waals surface area contributed by atoms with E-state index in [1.807, 2.05) is 17.5 Å². The first-order valence-corrected chi connectivity index (χ1v) is 9.10. The molecule has 2 aromatic heterocycles. The van der Waals surface area contributed by atoms with Crippen LogP contribution in [0.1, 0.15) is 23.3 Å². The molecular formula is C15H12F4N2OS2. The van der Waals surface area contributed by atoms with Crippen molar-refractivity contribution in [3.63, 3.8) is 0 Å². The number of alkyl halides is 4. The van der Waals surface area contributed by atoms with Gasteiger partial charge in [0.2, 0.25) is 0 Å². The van der Waals surface area contributed by atoms with E-state index < -0.39 is 23.2 Å². The minimum atomic E-state index is -3.96. The number of hydrogen-bond acceptors (Lipinski definition) is 4. The molecule has 1 spiro atoms. The minimum Gasteiger partial charge on any atom is -0.337 e. The second-order valence-electron chi connectivity index (χ2n) is 6.04. The molecular weight excluding hydrogens is 364 g/mol. The quantitative estimate of drug-likeness (QED) is 0.729. The van der Waals surface area contributed by atoms with Gasteiger partial charge >= 0.3 is 11.8 Å². The summed E-state index contributed by atoms with van der Waals surface area (Å²) in [6.07, 6.45) is -0.776. The van der Waals surface area contributed by atoms with Crippen molar-refractivity contribution in [3.05, 3.63) is 28.6 Å². The molecule has 0 aromatic carbocycles. The van der Waals surface area contributed by atoms with Crippen molar-refractivity contribution in [3.8, 4) is 9.88 Å². The molecule has 0 unspecified atom stereocenters. The summed E-state index contributed by atoms with van der Waals surface area (Å²) in [6.45, 7) is -0.203. The van der Waals surface area contributed by atoms with E-state index in [1.54, 1.807) is 5.38 Å². The first-order chi connectivity index (χ1) is 11.3. The van der Waals surface area contributed by atoms with E-state index in [9.17, 15) is 22.4 Å². The molecule has 2 aromatic rings. The van der Waals surface area contributed by atoms with Crippen LogP contribution in [-0.4, -0.2) is 40.7 Å². The average Bonchev–Trinajstić information content (AvgIpc) is 3.15. The largest absolute Gasteiger partial charge is 0.337 e. The first kappa shape index (κ1) is 16.0. The third-order valence-electron chi connectivity index (χ3n) is 4.89. The summed E-state index contributed by atoms with van der Waals surface area (Å²) in [5.41, 5.74) is -2.03. The van der Waals surface area contributed by atoms with Gasteiger partial charge in [-0.2, -0.15) is 17.6 Å². The molecule has 1 aliphatic heterocycles. The number of amides is 1. The van der Waals surface area contributed by atoms with Gasteiger partial charge in [-0.1, -0.05) is 6.07 Å². The number of halogens is 4. The maximum atomic E-state index is 13.4. The van der Waals surface area contributed by atoms with Crippen molar-refractivity contribution >= 4 is 28.6 Å². The molecule has 0 bridgehead atoms. The summed E-state index contributed by atoms with van der Waals surface area (Å²) in [5, 5.41) is 4.22. The molecule has 0 radical (unpaired) electrons. The third-order valence-corrected chi connectivity index (χ3v) is 6.77. The highest BCUT2D eigenvalue weighted by Gasteiger charge is 2.95. The van der Waals surface area contributed by atoms with Gasteiger partial charge in [-0.25, -0.2) is 4.98 Å². The molecule has 9 heteroatoms. The van der Waals surface area contributed by atoms with Gasteiger partial charge in [-0.15, -0.1) is 22.7 Å². The lowest BCUT2D eigenvalue weighted by Gasteiger charge is -2.31. The summed E-state index contributed by atoms with van der Waals surface area (Å²) in [6, 6.07) is 3.77. The zero-order valence-electron chi connectivity index (χ0n) is 12.3. The lowest BCUT2D eigenvalue weighted by molar-refractivity contribution is -0.0278. The molecule has 1 saturated carbocycles. The Hall–Kier alpha value is -1.48. The van der Waals surface area contributed by atoms with Crippen molar-refractivity contribution in [1.29, 1.82) is 0 Å². The molecule has 0 N–H and O–H groups in total. The van der Waals surface area contributed by atoms with Gasteiger partial charge in [0.25, 0.3) is 5.91 Å². The van der Waals surface area contributed by atoms with Crippen LogP contribution in [0.2, 0.25) is 0 Å². The second kappa shape index (κ2) is 5.01. The molecule has 1 amide bonds. The molecule has 24 heavy (non-hydrogen) atoms. The van der Waals surface area contributed by atoms with E-state index in [0.29, 0.717) is 5.01 Å². The van der Waals surface area contributed by atoms with E-state index in [2.05, 4.69) is 4.98 Å². The van der Waals surface area contributed by atoms with Gasteiger partial charge in [0.05, 0.1) is 4.88 Å². The Kier molecular flexibility index (Phi) is 3.34.